The van der Waals surface area contributed by atoms with Crippen LogP contribution in [0.5, 0.6) is 5.75 Å². The van der Waals surface area contributed by atoms with Gasteiger partial charge in [-0.3, -0.25) is 0 Å². The molecule has 20 heavy (non-hydrogen) atoms. The normalized spacial score (nSPS) is 22.4. The van der Waals surface area contributed by atoms with E-state index in [1.807, 2.05) is 6.07 Å². The standard InChI is InChI=1S/C16H24FNO2/c1-11(2)18-9-13-5-7-16(15(17)8-13)19-10-14-6-4-12(3)20-14/h5,7-8,11-12,14,18H,4,6,9-10H2,1-3H3. The Bertz CT molecular complexity index is 436. The molecule has 1 aliphatic heterocycles. The smallest absolute Gasteiger partial charge is 0.165 e. The molecular weight excluding hydrogens is 257 g/mol. The highest BCUT2D eigenvalue weighted by Crippen LogP contribution is 2.22. The molecule has 1 aliphatic rings. The summed E-state index contributed by atoms with van der Waals surface area (Å²) in [5.74, 6) is 0.000511. The lowest BCUT2D eigenvalue weighted by atomic mass is 10.2. The van der Waals surface area contributed by atoms with E-state index in [1.54, 1.807) is 6.07 Å². The van der Waals surface area contributed by atoms with Crippen molar-refractivity contribution in [3.63, 3.8) is 0 Å². The predicted octanol–water partition coefficient (Wildman–Crippen LogP) is 3.27. The Balaban J connectivity index is 1.85. The summed E-state index contributed by atoms with van der Waals surface area (Å²) < 4.78 is 25.1. The molecule has 0 amide bonds. The van der Waals surface area contributed by atoms with Gasteiger partial charge in [0.1, 0.15) is 6.61 Å². The zero-order valence-electron chi connectivity index (χ0n) is 12.5. The zero-order chi connectivity index (χ0) is 14.5. The average Bonchev–Trinajstić information content (AvgIpc) is 2.81. The van der Waals surface area contributed by atoms with Crippen molar-refractivity contribution in [3.8, 4) is 5.75 Å². The van der Waals surface area contributed by atoms with E-state index in [9.17, 15) is 4.39 Å². The molecule has 112 valence electrons. The van der Waals surface area contributed by atoms with Gasteiger partial charge in [-0.05, 0) is 37.5 Å². The van der Waals surface area contributed by atoms with Crippen LogP contribution in [0.15, 0.2) is 18.2 Å². The molecule has 2 unspecified atom stereocenters. The summed E-state index contributed by atoms with van der Waals surface area (Å²) in [6, 6.07) is 5.51. The molecule has 1 heterocycles. The third kappa shape index (κ3) is 4.46. The van der Waals surface area contributed by atoms with E-state index in [0.29, 0.717) is 24.9 Å². The number of halogens is 1. The second-order valence-electron chi connectivity index (χ2n) is 5.76. The van der Waals surface area contributed by atoms with Gasteiger partial charge in [-0.25, -0.2) is 4.39 Å². The SMILES string of the molecule is CC(C)NCc1ccc(OCC2CCC(C)O2)c(F)c1. The van der Waals surface area contributed by atoms with Crippen molar-refractivity contribution in [2.24, 2.45) is 0 Å². The summed E-state index contributed by atoms with van der Waals surface area (Å²) >= 11 is 0. The Morgan fingerprint density at radius 1 is 1.40 bits per heavy atom. The van der Waals surface area contributed by atoms with Gasteiger partial charge in [0.2, 0.25) is 0 Å². The van der Waals surface area contributed by atoms with Crippen molar-refractivity contribution in [3.05, 3.63) is 29.6 Å². The molecule has 1 aromatic rings. The minimum atomic E-state index is -0.306. The van der Waals surface area contributed by atoms with E-state index in [4.69, 9.17) is 9.47 Å². The first-order valence-corrected chi connectivity index (χ1v) is 7.34. The van der Waals surface area contributed by atoms with Crippen LogP contribution in [-0.4, -0.2) is 24.9 Å². The van der Waals surface area contributed by atoms with Crippen LogP contribution < -0.4 is 10.1 Å². The minimum absolute atomic E-state index is 0.0895. The Morgan fingerprint density at radius 3 is 2.80 bits per heavy atom. The summed E-state index contributed by atoms with van der Waals surface area (Å²) in [4.78, 5) is 0. The van der Waals surface area contributed by atoms with Crippen LogP contribution in [0.3, 0.4) is 0 Å². The van der Waals surface area contributed by atoms with E-state index < -0.39 is 0 Å². The van der Waals surface area contributed by atoms with Gasteiger partial charge in [-0.15, -0.1) is 0 Å². The maximum Gasteiger partial charge on any atom is 0.165 e. The van der Waals surface area contributed by atoms with Gasteiger partial charge in [0, 0.05) is 12.6 Å². The first-order valence-electron chi connectivity index (χ1n) is 7.34. The van der Waals surface area contributed by atoms with Crippen molar-refractivity contribution < 1.29 is 13.9 Å². The van der Waals surface area contributed by atoms with Gasteiger partial charge < -0.3 is 14.8 Å². The molecule has 4 heteroatoms. The van der Waals surface area contributed by atoms with E-state index in [-0.39, 0.29) is 18.0 Å². The van der Waals surface area contributed by atoms with E-state index in [2.05, 4.69) is 26.1 Å². The lowest BCUT2D eigenvalue weighted by Crippen LogP contribution is -2.22. The summed E-state index contributed by atoms with van der Waals surface area (Å²) in [7, 11) is 0. The Kier molecular flexibility index (Phi) is 5.38. The lowest BCUT2D eigenvalue weighted by Gasteiger charge is -2.14. The maximum atomic E-state index is 13.9. The Morgan fingerprint density at radius 2 is 2.20 bits per heavy atom. The fourth-order valence-corrected chi connectivity index (χ4v) is 2.28. The van der Waals surface area contributed by atoms with Gasteiger partial charge in [-0.1, -0.05) is 19.9 Å². The van der Waals surface area contributed by atoms with E-state index in [1.165, 1.54) is 6.07 Å². The molecule has 1 saturated heterocycles. The molecule has 0 aromatic heterocycles. The Hall–Kier alpha value is -1.13. The monoisotopic (exact) mass is 281 g/mol. The zero-order valence-corrected chi connectivity index (χ0v) is 12.5. The predicted molar refractivity (Wildman–Crippen MR) is 77.4 cm³/mol. The molecule has 0 saturated carbocycles. The number of hydrogen-bond donors (Lipinski definition) is 1. The molecule has 0 bridgehead atoms. The van der Waals surface area contributed by atoms with Crippen molar-refractivity contribution in [1.82, 2.24) is 5.32 Å². The van der Waals surface area contributed by atoms with Crippen molar-refractivity contribution in [2.45, 2.75) is 58.4 Å². The van der Waals surface area contributed by atoms with Gasteiger partial charge in [0.05, 0.1) is 12.2 Å². The van der Waals surface area contributed by atoms with Gasteiger partial charge in [0.25, 0.3) is 0 Å². The summed E-state index contributed by atoms with van der Waals surface area (Å²) in [5.41, 5.74) is 0.925. The first kappa shape index (κ1) is 15.3. The van der Waals surface area contributed by atoms with Crippen LogP contribution in [0.2, 0.25) is 0 Å². The lowest BCUT2D eigenvalue weighted by molar-refractivity contribution is 0.0256. The van der Waals surface area contributed by atoms with Gasteiger partial charge in [-0.2, -0.15) is 0 Å². The van der Waals surface area contributed by atoms with Crippen molar-refractivity contribution in [1.29, 1.82) is 0 Å². The number of nitrogens with one attached hydrogen (secondary N) is 1. The molecule has 0 spiro atoms. The molecule has 1 N–H and O–H groups in total. The van der Waals surface area contributed by atoms with Crippen LogP contribution in [0.4, 0.5) is 4.39 Å². The molecule has 2 rings (SSSR count). The Labute approximate surface area is 120 Å². The highest BCUT2D eigenvalue weighted by atomic mass is 19.1. The molecule has 1 aromatic carbocycles. The van der Waals surface area contributed by atoms with E-state index >= 15 is 0 Å². The highest BCUT2D eigenvalue weighted by Gasteiger charge is 2.22. The van der Waals surface area contributed by atoms with E-state index in [0.717, 1.165) is 18.4 Å². The molecule has 3 nitrogen and oxygen atoms in total. The molecule has 2 atom stereocenters. The minimum Gasteiger partial charge on any atom is -0.488 e. The first-order chi connectivity index (χ1) is 9.54. The third-order valence-electron chi connectivity index (χ3n) is 3.46. The average molecular weight is 281 g/mol. The second-order valence-corrected chi connectivity index (χ2v) is 5.76. The number of benzene rings is 1. The number of rotatable bonds is 6. The molecule has 0 radical (unpaired) electrons. The third-order valence-corrected chi connectivity index (χ3v) is 3.46. The topological polar surface area (TPSA) is 30.5 Å². The fraction of sp³-hybridized carbons (Fsp3) is 0.625. The van der Waals surface area contributed by atoms with Crippen LogP contribution in [0.25, 0.3) is 0 Å². The maximum absolute atomic E-state index is 13.9. The van der Waals surface area contributed by atoms with Gasteiger partial charge >= 0.3 is 0 Å². The summed E-state index contributed by atoms with van der Waals surface area (Å²) in [6.07, 6.45) is 2.42. The summed E-state index contributed by atoms with van der Waals surface area (Å²) in [5, 5.41) is 3.26. The van der Waals surface area contributed by atoms with Crippen molar-refractivity contribution >= 4 is 0 Å². The van der Waals surface area contributed by atoms with Crippen molar-refractivity contribution in [2.75, 3.05) is 6.61 Å². The molecule has 1 fully saturated rings. The fourth-order valence-electron chi connectivity index (χ4n) is 2.28. The quantitative estimate of drug-likeness (QED) is 0.868. The van der Waals surface area contributed by atoms with Crippen LogP contribution in [0, 0.1) is 5.82 Å². The number of hydrogen-bond acceptors (Lipinski definition) is 3. The van der Waals surface area contributed by atoms with Gasteiger partial charge in [0.15, 0.2) is 11.6 Å². The largest absolute Gasteiger partial charge is 0.488 e. The summed E-state index contributed by atoms with van der Waals surface area (Å²) in [6.45, 7) is 7.27. The highest BCUT2D eigenvalue weighted by molar-refractivity contribution is 5.29. The van der Waals surface area contributed by atoms with Crippen LogP contribution in [-0.2, 0) is 11.3 Å². The van der Waals surface area contributed by atoms with Crippen LogP contribution in [0.1, 0.15) is 39.2 Å². The van der Waals surface area contributed by atoms with Crippen LogP contribution >= 0.6 is 0 Å². The second kappa shape index (κ2) is 7.04. The molecule has 0 aliphatic carbocycles. The number of ether oxygens (including phenoxy) is 2. The molecular formula is C16H24FNO2.